The van der Waals surface area contributed by atoms with E-state index in [4.69, 9.17) is 9.84 Å². The van der Waals surface area contributed by atoms with Crippen LogP contribution in [0.15, 0.2) is 18.2 Å². The van der Waals surface area contributed by atoms with Crippen molar-refractivity contribution in [2.75, 3.05) is 19.8 Å². The molecule has 1 saturated heterocycles. The summed E-state index contributed by atoms with van der Waals surface area (Å²) in [4.78, 5) is 12.9. The van der Waals surface area contributed by atoms with Gasteiger partial charge in [-0.25, -0.2) is 9.18 Å². The molecule has 19 heavy (non-hydrogen) atoms. The molecular weight excluding hydrogens is 249 g/mol. The quantitative estimate of drug-likeness (QED) is 0.841. The van der Waals surface area contributed by atoms with Gasteiger partial charge in [-0.1, -0.05) is 17.9 Å². The molecule has 1 heterocycles. The van der Waals surface area contributed by atoms with Crippen LogP contribution in [0.3, 0.4) is 0 Å². The van der Waals surface area contributed by atoms with E-state index in [-0.39, 0.29) is 18.3 Å². The van der Waals surface area contributed by atoms with Gasteiger partial charge in [-0.05, 0) is 17.7 Å². The Hall–Kier alpha value is -2.06. The van der Waals surface area contributed by atoms with E-state index in [9.17, 15) is 9.18 Å². The molecule has 5 heteroatoms. The number of hydrogen-bond acceptors (Lipinski definition) is 3. The molecule has 1 aliphatic heterocycles. The van der Waals surface area contributed by atoms with Gasteiger partial charge >= 0.3 is 6.09 Å². The van der Waals surface area contributed by atoms with E-state index in [0.717, 1.165) is 5.56 Å². The van der Waals surface area contributed by atoms with E-state index in [2.05, 4.69) is 11.8 Å². The van der Waals surface area contributed by atoms with Gasteiger partial charge in [0.05, 0.1) is 18.7 Å². The van der Waals surface area contributed by atoms with Crippen molar-refractivity contribution in [3.8, 4) is 11.8 Å². The minimum Gasteiger partial charge on any atom is -0.448 e. The molecule has 1 aromatic carbocycles. The lowest BCUT2D eigenvalue weighted by molar-refractivity contribution is 0.157. The average molecular weight is 263 g/mol. The fourth-order valence-corrected chi connectivity index (χ4v) is 1.77. The van der Waals surface area contributed by atoms with Crippen molar-refractivity contribution >= 4 is 6.09 Å². The number of ether oxygens (including phenoxy) is 1. The van der Waals surface area contributed by atoms with Crippen LogP contribution in [-0.2, 0) is 11.3 Å². The zero-order valence-corrected chi connectivity index (χ0v) is 10.4. The van der Waals surface area contributed by atoms with Crippen LogP contribution >= 0.6 is 0 Å². The maximum Gasteiger partial charge on any atom is 0.410 e. The highest BCUT2D eigenvalue weighted by Crippen LogP contribution is 2.14. The van der Waals surface area contributed by atoms with E-state index in [1.165, 1.54) is 6.07 Å². The Morgan fingerprint density at radius 3 is 3.00 bits per heavy atom. The molecule has 1 aromatic rings. The Bertz CT molecular complexity index is 533. The highest BCUT2D eigenvalue weighted by Gasteiger charge is 2.21. The first kappa shape index (κ1) is 13.4. The summed E-state index contributed by atoms with van der Waals surface area (Å²) in [5.74, 6) is 4.94. The zero-order chi connectivity index (χ0) is 13.7. The number of carbonyl (C=O) groups excluding carboxylic acids is 1. The molecule has 4 nitrogen and oxygen atoms in total. The van der Waals surface area contributed by atoms with Gasteiger partial charge < -0.3 is 14.7 Å². The Morgan fingerprint density at radius 1 is 1.47 bits per heavy atom. The van der Waals surface area contributed by atoms with Crippen molar-refractivity contribution in [1.82, 2.24) is 4.90 Å². The first-order valence-electron chi connectivity index (χ1n) is 6.00. The molecular formula is C14H14FNO3. The molecule has 0 spiro atoms. The number of rotatable bonds is 3. The second-order valence-corrected chi connectivity index (χ2v) is 4.13. The lowest BCUT2D eigenvalue weighted by atomic mass is 10.1. The summed E-state index contributed by atoms with van der Waals surface area (Å²) in [5.41, 5.74) is 1.08. The van der Waals surface area contributed by atoms with Crippen molar-refractivity contribution in [3.05, 3.63) is 35.1 Å². The van der Waals surface area contributed by atoms with Crippen LogP contribution in [-0.4, -0.2) is 35.9 Å². The number of amides is 1. The Labute approximate surface area is 110 Å². The summed E-state index contributed by atoms with van der Waals surface area (Å²) in [5, 5.41) is 8.63. The van der Waals surface area contributed by atoms with Gasteiger partial charge in [0.15, 0.2) is 0 Å². The van der Waals surface area contributed by atoms with Crippen LogP contribution in [0.1, 0.15) is 17.5 Å². The number of nitrogens with zero attached hydrogens (tertiary/aromatic N) is 1. The van der Waals surface area contributed by atoms with E-state index in [1.807, 2.05) is 0 Å². The number of halogens is 1. The number of hydrogen-bond donors (Lipinski definition) is 1. The summed E-state index contributed by atoms with van der Waals surface area (Å²) >= 11 is 0. The highest BCUT2D eigenvalue weighted by molar-refractivity contribution is 5.69. The first-order valence-corrected chi connectivity index (χ1v) is 6.00. The van der Waals surface area contributed by atoms with E-state index >= 15 is 0 Å². The van der Waals surface area contributed by atoms with E-state index < -0.39 is 5.82 Å². The third-order valence-electron chi connectivity index (χ3n) is 2.71. The topological polar surface area (TPSA) is 49.8 Å². The van der Waals surface area contributed by atoms with Crippen LogP contribution in [0.5, 0.6) is 0 Å². The smallest absolute Gasteiger partial charge is 0.410 e. The first-order chi connectivity index (χ1) is 9.20. The predicted molar refractivity (Wildman–Crippen MR) is 66.7 cm³/mol. The Morgan fingerprint density at radius 2 is 2.32 bits per heavy atom. The molecule has 100 valence electrons. The normalized spacial score (nSPS) is 14.0. The molecule has 0 atom stereocenters. The fourth-order valence-electron chi connectivity index (χ4n) is 1.77. The van der Waals surface area contributed by atoms with E-state index in [1.54, 1.807) is 17.0 Å². The monoisotopic (exact) mass is 263 g/mol. The number of aliphatic hydroxyl groups is 1. The fraction of sp³-hybridized carbons (Fsp3) is 0.357. The van der Waals surface area contributed by atoms with Gasteiger partial charge in [0, 0.05) is 13.0 Å². The van der Waals surface area contributed by atoms with Crippen LogP contribution in [0.2, 0.25) is 0 Å². The van der Waals surface area contributed by atoms with Crippen molar-refractivity contribution in [2.24, 2.45) is 0 Å². The predicted octanol–water partition coefficient (Wildman–Crippen LogP) is 1.51. The molecule has 1 N–H and O–H groups in total. The van der Waals surface area contributed by atoms with E-state index in [0.29, 0.717) is 26.1 Å². The third-order valence-corrected chi connectivity index (χ3v) is 2.71. The molecule has 0 bridgehead atoms. The molecule has 0 saturated carbocycles. The molecule has 0 aliphatic carbocycles. The summed E-state index contributed by atoms with van der Waals surface area (Å²) in [6.45, 7) is 1.27. The second-order valence-electron chi connectivity index (χ2n) is 4.13. The lowest BCUT2D eigenvalue weighted by Crippen LogP contribution is -2.23. The van der Waals surface area contributed by atoms with Gasteiger partial charge in [-0.2, -0.15) is 0 Å². The standard InChI is InChI=1S/C14H14FNO3/c15-13-5-4-11(9-12(13)3-1-2-7-17)10-16-6-8-19-14(16)18/h4-5,9,17H,2,6-8,10H2. The second kappa shape index (κ2) is 6.21. The van der Waals surface area contributed by atoms with Crippen molar-refractivity contribution in [1.29, 1.82) is 0 Å². The average Bonchev–Trinajstić information content (AvgIpc) is 2.79. The maximum atomic E-state index is 13.5. The molecule has 0 radical (unpaired) electrons. The van der Waals surface area contributed by atoms with Crippen LogP contribution in [0.4, 0.5) is 9.18 Å². The number of carbonyl (C=O) groups is 1. The molecule has 1 aliphatic rings. The Balaban J connectivity index is 2.12. The van der Waals surface area contributed by atoms with Crippen LogP contribution in [0.25, 0.3) is 0 Å². The maximum absolute atomic E-state index is 13.5. The Kier molecular flexibility index (Phi) is 4.37. The molecule has 1 amide bonds. The molecule has 1 fully saturated rings. The number of benzene rings is 1. The van der Waals surface area contributed by atoms with Crippen LogP contribution in [0, 0.1) is 17.7 Å². The lowest BCUT2D eigenvalue weighted by Gasteiger charge is -2.12. The summed E-state index contributed by atoms with van der Waals surface area (Å²) in [7, 11) is 0. The van der Waals surface area contributed by atoms with Gasteiger partial charge in [0.1, 0.15) is 12.4 Å². The van der Waals surface area contributed by atoms with Gasteiger partial charge in [-0.3, -0.25) is 0 Å². The summed E-state index contributed by atoms with van der Waals surface area (Å²) in [6, 6.07) is 4.57. The van der Waals surface area contributed by atoms with Crippen molar-refractivity contribution < 1.29 is 19.0 Å². The van der Waals surface area contributed by atoms with Crippen molar-refractivity contribution in [3.63, 3.8) is 0 Å². The number of aliphatic hydroxyl groups excluding tert-OH is 1. The summed E-state index contributed by atoms with van der Waals surface area (Å²) < 4.78 is 18.3. The minimum absolute atomic E-state index is 0.0477. The van der Waals surface area contributed by atoms with Crippen molar-refractivity contribution in [2.45, 2.75) is 13.0 Å². The van der Waals surface area contributed by atoms with Crippen LogP contribution < -0.4 is 0 Å². The summed E-state index contributed by atoms with van der Waals surface area (Å²) in [6.07, 6.45) is -0.0421. The highest BCUT2D eigenvalue weighted by atomic mass is 19.1. The largest absolute Gasteiger partial charge is 0.448 e. The molecule has 0 aromatic heterocycles. The third kappa shape index (κ3) is 3.46. The molecule has 0 unspecified atom stereocenters. The van der Waals surface area contributed by atoms with Gasteiger partial charge in [-0.15, -0.1) is 0 Å². The number of cyclic esters (lactones) is 1. The SMILES string of the molecule is O=C1OCCN1Cc1ccc(F)c(C#CCCO)c1. The van der Waals surface area contributed by atoms with Gasteiger partial charge in [0.25, 0.3) is 0 Å². The molecule has 2 rings (SSSR count). The minimum atomic E-state index is -0.404. The zero-order valence-electron chi connectivity index (χ0n) is 10.4. The van der Waals surface area contributed by atoms with Gasteiger partial charge in [0.2, 0.25) is 0 Å².